The summed E-state index contributed by atoms with van der Waals surface area (Å²) in [6, 6.07) is 3.85. The fourth-order valence-electron chi connectivity index (χ4n) is 1.80. The minimum atomic E-state index is -3.71. The third-order valence-electron chi connectivity index (χ3n) is 3.17. The number of hydrogen-bond acceptors (Lipinski definition) is 4. The van der Waals surface area contributed by atoms with Crippen LogP contribution in [0.5, 0.6) is 5.75 Å². The third kappa shape index (κ3) is 3.10. The van der Waals surface area contributed by atoms with E-state index in [-0.39, 0.29) is 16.2 Å². The Hall–Kier alpha value is -1.60. The van der Waals surface area contributed by atoms with E-state index in [1.807, 2.05) is 6.92 Å². The van der Waals surface area contributed by atoms with Gasteiger partial charge in [-0.3, -0.25) is 0 Å². The van der Waals surface area contributed by atoms with Gasteiger partial charge in [0.05, 0.1) is 11.5 Å². The first kappa shape index (κ1) is 14.8. The average molecular weight is 299 g/mol. The lowest BCUT2D eigenvalue weighted by Gasteiger charge is -2.14. The van der Waals surface area contributed by atoms with E-state index in [0.29, 0.717) is 6.61 Å². The van der Waals surface area contributed by atoms with Gasteiger partial charge in [-0.15, -0.1) is 0 Å². The van der Waals surface area contributed by atoms with Crippen LogP contribution in [0, 0.1) is 0 Å². The van der Waals surface area contributed by atoms with Gasteiger partial charge in [0, 0.05) is 5.54 Å². The molecule has 20 heavy (non-hydrogen) atoms. The van der Waals surface area contributed by atoms with Gasteiger partial charge in [-0.2, -0.15) is 0 Å². The van der Waals surface area contributed by atoms with Crippen LogP contribution in [0.1, 0.15) is 37.0 Å². The molecule has 110 valence electrons. The Kier molecular flexibility index (Phi) is 3.75. The number of hydrogen-bond donors (Lipinski definition) is 2. The number of carboxylic acids is 1. The molecule has 0 aliphatic heterocycles. The molecule has 1 saturated carbocycles. The van der Waals surface area contributed by atoms with Crippen molar-refractivity contribution in [3.63, 3.8) is 0 Å². The lowest BCUT2D eigenvalue weighted by molar-refractivity contribution is 0.0692. The van der Waals surface area contributed by atoms with E-state index >= 15 is 0 Å². The molecule has 0 amide bonds. The first-order valence-electron chi connectivity index (χ1n) is 6.31. The molecule has 0 heterocycles. The highest BCUT2D eigenvalue weighted by Crippen LogP contribution is 2.36. The Morgan fingerprint density at radius 1 is 1.45 bits per heavy atom. The van der Waals surface area contributed by atoms with Gasteiger partial charge in [-0.25, -0.2) is 17.9 Å². The molecule has 0 radical (unpaired) electrons. The highest BCUT2D eigenvalue weighted by molar-refractivity contribution is 7.89. The summed E-state index contributed by atoms with van der Waals surface area (Å²) in [6.07, 6.45) is 1.57. The van der Waals surface area contributed by atoms with Crippen LogP contribution in [0.4, 0.5) is 0 Å². The predicted molar refractivity (Wildman–Crippen MR) is 72.5 cm³/mol. The summed E-state index contributed by atoms with van der Waals surface area (Å²) in [6.45, 7) is 3.85. The van der Waals surface area contributed by atoms with E-state index in [9.17, 15) is 13.2 Å². The van der Waals surface area contributed by atoms with Gasteiger partial charge in [-0.05, 0) is 44.9 Å². The van der Waals surface area contributed by atoms with Crippen molar-refractivity contribution in [1.29, 1.82) is 0 Å². The maximum absolute atomic E-state index is 12.2. The van der Waals surface area contributed by atoms with Crippen LogP contribution in [0.25, 0.3) is 0 Å². The molecule has 0 aromatic heterocycles. The number of nitrogens with one attached hydrogen (secondary N) is 1. The highest BCUT2D eigenvalue weighted by Gasteiger charge is 2.41. The monoisotopic (exact) mass is 299 g/mol. The highest BCUT2D eigenvalue weighted by atomic mass is 32.2. The first-order valence-corrected chi connectivity index (χ1v) is 7.80. The van der Waals surface area contributed by atoms with E-state index < -0.39 is 21.5 Å². The van der Waals surface area contributed by atoms with Crippen LogP contribution in [-0.2, 0) is 10.0 Å². The van der Waals surface area contributed by atoms with Crippen molar-refractivity contribution in [3.05, 3.63) is 23.8 Å². The van der Waals surface area contributed by atoms with Crippen molar-refractivity contribution < 1.29 is 23.1 Å². The molecule has 6 nitrogen and oxygen atoms in total. The molecule has 1 aliphatic rings. The summed E-state index contributed by atoms with van der Waals surface area (Å²) in [7, 11) is -3.71. The van der Waals surface area contributed by atoms with Crippen molar-refractivity contribution in [2.75, 3.05) is 6.61 Å². The zero-order chi connectivity index (χ0) is 15.0. The van der Waals surface area contributed by atoms with Crippen molar-refractivity contribution in [2.24, 2.45) is 0 Å². The first-order chi connectivity index (χ1) is 9.27. The zero-order valence-corrected chi connectivity index (χ0v) is 12.2. The number of benzene rings is 1. The number of carbonyl (C=O) groups is 1. The molecule has 1 aromatic rings. The number of carboxylic acid groups (broad SMARTS) is 1. The smallest absolute Gasteiger partial charge is 0.339 e. The van der Waals surface area contributed by atoms with Gasteiger partial charge in [0.25, 0.3) is 0 Å². The van der Waals surface area contributed by atoms with E-state index in [2.05, 4.69) is 4.72 Å². The van der Waals surface area contributed by atoms with Gasteiger partial charge in [-0.1, -0.05) is 0 Å². The van der Waals surface area contributed by atoms with Crippen molar-refractivity contribution in [3.8, 4) is 5.75 Å². The van der Waals surface area contributed by atoms with Crippen LogP contribution in [0.3, 0.4) is 0 Å². The third-order valence-corrected chi connectivity index (χ3v) is 4.81. The molecule has 1 fully saturated rings. The van der Waals surface area contributed by atoms with Crippen LogP contribution >= 0.6 is 0 Å². The summed E-state index contributed by atoms with van der Waals surface area (Å²) >= 11 is 0. The Balaban J connectivity index is 2.37. The molecule has 0 spiro atoms. The van der Waals surface area contributed by atoms with Crippen LogP contribution in [0.15, 0.2) is 23.1 Å². The molecule has 2 rings (SSSR count). The lowest BCUT2D eigenvalue weighted by Crippen LogP contribution is -2.34. The minimum Gasteiger partial charge on any atom is -0.493 e. The SMILES string of the molecule is CCOc1ccc(S(=O)(=O)NC2(C)CC2)cc1C(=O)O. The predicted octanol–water partition coefficient (Wildman–Crippen LogP) is 1.61. The lowest BCUT2D eigenvalue weighted by atomic mass is 10.2. The second kappa shape index (κ2) is 5.06. The van der Waals surface area contributed by atoms with E-state index in [1.165, 1.54) is 12.1 Å². The average Bonchev–Trinajstić information content (AvgIpc) is 3.06. The van der Waals surface area contributed by atoms with Gasteiger partial charge < -0.3 is 9.84 Å². The van der Waals surface area contributed by atoms with Crippen molar-refractivity contribution >= 4 is 16.0 Å². The molecule has 2 N–H and O–H groups in total. The second-order valence-electron chi connectivity index (χ2n) is 5.06. The largest absolute Gasteiger partial charge is 0.493 e. The van der Waals surface area contributed by atoms with Crippen LogP contribution < -0.4 is 9.46 Å². The minimum absolute atomic E-state index is 0.0634. The molecule has 0 saturated heterocycles. The summed E-state index contributed by atoms with van der Waals surface area (Å²) in [5, 5.41) is 9.13. The Morgan fingerprint density at radius 3 is 2.60 bits per heavy atom. The van der Waals surface area contributed by atoms with Crippen molar-refractivity contribution in [2.45, 2.75) is 37.1 Å². The maximum Gasteiger partial charge on any atom is 0.339 e. The Bertz CT molecular complexity index is 634. The van der Waals surface area contributed by atoms with E-state index in [1.54, 1.807) is 6.92 Å². The van der Waals surface area contributed by atoms with Gasteiger partial charge >= 0.3 is 5.97 Å². The van der Waals surface area contributed by atoms with Gasteiger partial charge in [0.2, 0.25) is 10.0 Å². The fraction of sp³-hybridized carbons (Fsp3) is 0.462. The molecular weight excluding hydrogens is 282 g/mol. The van der Waals surface area contributed by atoms with E-state index in [4.69, 9.17) is 9.84 Å². The molecule has 0 bridgehead atoms. The topological polar surface area (TPSA) is 92.7 Å². The summed E-state index contributed by atoms with van der Waals surface area (Å²) in [5.74, 6) is -1.06. The molecular formula is C13H17NO5S. The second-order valence-corrected chi connectivity index (χ2v) is 6.74. The fourth-order valence-corrected chi connectivity index (χ4v) is 3.29. The normalized spacial score (nSPS) is 16.7. The Labute approximate surface area is 117 Å². The Morgan fingerprint density at radius 2 is 2.10 bits per heavy atom. The summed E-state index contributed by atoms with van der Waals surface area (Å²) in [5.41, 5.74) is -0.559. The van der Waals surface area contributed by atoms with Crippen LogP contribution in [0.2, 0.25) is 0 Å². The molecule has 1 aliphatic carbocycles. The number of ether oxygens (including phenoxy) is 1. The van der Waals surface area contributed by atoms with Crippen molar-refractivity contribution in [1.82, 2.24) is 4.72 Å². The molecule has 0 atom stereocenters. The molecule has 0 unspecified atom stereocenters. The van der Waals surface area contributed by atoms with Crippen LogP contribution in [-0.4, -0.2) is 31.6 Å². The number of aromatic carboxylic acids is 1. The van der Waals surface area contributed by atoms with Gasteiger partial charge in [0.1, 0.15) is 11.3 Å². The molecule has 7 heteroatoms. The van der Waals surface area contributed by atoms with Gasteiger partial charge in [0.15, 0.2) is 0 Å². The maximum atomic E-state index is 12.2. The zero-order valence-electron chi connectivity index (χ0n) is 11.3. The van der Waals surface area contributed by atoms with E-state index in [0.717, 1.165) is 18.9 Å². The summed E-state index contributed by atoms with van der Waals surface area (Å²) in [4.78, 5) is 11.1. The number of sulfonamides is 1. The summed E-state index contributed by atoms with van der Waals surface area (Å²) < 4.78 is 32.1. The molecule has 1 aromatic carbocycles. The number of rotatable bonds is 6. The quantitative estimate of drug-likeness (QED) is 0.832. The standard InChI is InChI=1S/C13H17NO5S/c1-3-19-11-5-4-9(8-10(11)12(15)16)20(17,18)14-13(2)6-7-13/h4-5,8,14H,3,6-7H2,1-2H3,(H,15,16).